The van der Waals surface area contributed by atoms with Crippen molar-refractivity contribution in [2.24, 2.45) is 0 Å². The van der Waals surface area contributed by atoms with Gasteiger partial charge in [-0.3, -0.25) is 0 Å². The van der Waals surface area contributed by atoms with Gasteiger partial charge >= 0.3 is 0 Å². The minimum absolute atomic E-state index is 0.0446. The lowest BCUT2D eigenvalue weighted by molar-refractivity contribution is 0.464. The van der Waals surface area contributed by atoms with Crippen molar-refractivity contribution in [3.05, 3.63) is 50.4 Å². The largest absolute Gasteiger partial charge is 0.508 e. The zero-order chi connectivity index (χ0) is 13.8. The molecule has 1 atom stereocenters. The Balaban J connectivity index is 1.88. The molecule has 0 saturated heterocycles. The number of phenols is 1. The van der Waals surface area contributed by atoms with Crippen LogP contribution in [0.4, 0.5) is 4.39 Å². The van der Waals surface area contributed by atoms with Gasteiger partial charge < -0.3 is 10.4 Å². The maximum absolute atomic E-state index is 13.7. The van der Waals surface area contributed by atoms with Gasteiger partial charge in [0.15, 0.2) is 0 Å². The van der Waals surface area contributed by atoms with Gasteiger partial charge in [0.2, 0.25) is 0 Å². The molecule has 1 heterocycles. The van der Waals surface area contributed by atoms with E-state index < -0.39 is 0 Å². The van der Waals surface area contributed by atoms with Crippen LogP contribution >= 0.6 is 27.3 Å². The first-order chi connectivity index (χ1) is 9.06. The van der Waals surface area contributed by atoms with Crippen LogP contribution in [-0.4, -0.2) is 11.7 Å². The molecule has 1 unspecified atom stereocenters. The second-order valence-electron chi connectivity index (χ2n) is 4.34. The quantitative estimate of drug-likeness (QED) is 0.850. The first-order valence-electron chi connectivity index (χ1n) is 6.02. The minimum atomic E-state index is -0.376. The molecule has 0 aliphatic heterocycles. The predicted octanol–water partition coefficient (Wildman–Crippen LogP) is 4.25. The van der Waals surface area contributed by atoms with Gasteiger partial charge in [0.25, 0.3) is 0 Å². The van der Waals surface area contributed by atoms with Crippen molar-refractivity contribution in [1.82, 2.24) is 5.32 Å². The van der Waals surface area contributed by atoms with Crippen molar-refractivity contribution in [2.45, 2.75) is 19.4 Å². The van der Waals surface area contributed by atoms with E-state index in [0.717, 1.165) is 22.8 Å². The molecule has 2 nitrogen and oxygen atoms in total. The summed E-state index contributed by atoms with van der Waals surface area (Å²) in [6, 6.07) is 8.30. The van der Waals surface area contributed by atoms with Gasteiger partial charge in [-0.15, -0.1) is 11.3 Å². The highest BCUT2D eigenvalue weighted by Crippen LogP contribution is 2.23. The number of phenolic OH excluding ortho intramolecular Hbond substituents is 1. The van der Waals surface area contributed by atoms with E-state index in [0.29, 0.717) is 5.56 Å². The summed E-state index contributed by atoms with van der Waals surface area (Å²) in [4.78, 5) is 1.29. The van der Waals surface area contributed by atoms with Crippen molar-refractivity contribution < 1.29 is 9.50 Å². The van der Waals surface area contributed by atoms with E-state index in [1.165, 1.54) is 10.9 Å². The zero-order valence-corrected chi connectivity index (χ0v) is 12.9. The minimum Gasteiger partial charge on any atom is -0.508 e. The van der Waals surface area contributed by atoms with Crippen LogP contribution in [0.15, 0.2) is 34.1 Å². The molecule has 1 aromatic heterocycles. The lowest BCUT2D eigenvalue weighted by Gasteiger charge is -2.14. The molecule has 0 amide bonds. The summed E-state index contributed by atoms with van der Waals surface area (Å²) in [5, 5.41) is 12.5. The number of thiophene rings is 1. The van der Waals surface area contributed by atoms with Crippen LogP contribution in [0.2, 0.25) is 0 Å². The van der Waals surface area contributed by atoms with Gasteiger partial charge in [0.05, 0.1) is 3.79 Å². The standard InChI is InChI=1S/C14H15BrFNOS/c1-9(12-4-2-10(18)8-13(12)16)17-7-6-11-3-5-14(15)19-11/h2-5,8-9,17-18H,6-7H2,1H3. The van der Waals surface area contributed by atoms with Crippen molar-refractivity contribution >= 4 is 27.3 Å². The number of aromatic hydroxyl groups is 1. The number of hydrogen-bond donors (Lipinski definition) is 2. The van der Waals surface area contributed by atoms with Gasteiger partial charge in [-0.25, -0.2) is 4.39 Å². The Kier molecular flexibility index (Phi) is 4.96. The summed E-state index contributed by atoms with van der Waals surface area (Å²) >= 11 is 5.14. The molecular formula is C14H15BrFNOS. The summed E-state index contributed by atoms with van der Waals surface area (Å²) in [6.45, 7) is 2.70. The lowest BCUT2D eigenvalue weighted by Crippen LogP contribution is -2.21. The maximum Gasteiger partial charge on any atom is 0.131 e. The molecule has 0 radical (unpaired) electrons. The van der Waals surface area contributed by atoms with E-state index in [1.807, 2.05) is 13.0 Å². The third-order valence-electron chi connectivity index (χ3n) is 2.90. The Labute approximate surface area is 124 Å². The Hall–Kier alpha value is -0.910. The normalized spacial score (nSPS) is 12.6. The van der Waals surface area contributed by atoms with Crippen LogP contribution in [-0.2, 0) is 6.42 Å². The molecule has 102 valence electrons. The molecule has 2 rings (SSSR count). The second-order valence-corrected chi connectivity index (χ2v) is 6.89. The summed E-state index contributed by atoms with van der Waals surface area (Å²) < 4.78 is 14.8. The van der Waals surface area contributed by atoms with Gasteiger partial charge in [0.1, 0.15) is 11.6 Å². The number of nitrogens with one attached hydrogen (secondary N) is 1. The van der Waals surface area contributed by atoms with Crippen LogP contribution < -0.4 is 5.32 Å². The van der Waals surface area contributed by atoms with Crippen LogP contribution in [0.25, 0.3) is 0 Å². The molecule has 0 aliphatic carbocycles. The first-order valence-corrected chi connectivity index (χ1v) is 7.63. The van der Waals surface area contributed by atoms with Crippen LogP contribution in [0.5, 0.6) is 5.75 Å². The second kappa shape index (κ2) is 6.50. The van der Waals surface area contributed by atoms with E-state index in [-0.39, 0.29) is 17.6 Å². The fourth-order valence-corrected chi connectivity index (χ4v) is 3.36. The lowest BCUT2D eigenvalue weighted by atomic mass is 10.1. The number of hydrogen-bond acceptors (Lipinski definition) is 3. The van der Waals surface area contributed by atoms with E-state index in [9.17, 15) is 9.50 Å². The Morgan fingerprint density at radius 1 is 1.37 bits per heavy atom. The SMILES string of the molecule is CC(NCCc1ccc(Br)s1)c1ccc(O)cc1F. The average molecular weight is 344 g/mol. The molecule has 0 aliphatic rings. The molecule has 2 aromatic rings. The number of halogens is 2. The zero-order valence-electron chi connectivity index (χ0n) is 10.5. The van der Waals surface area contributed by atoms with E-state index in [1.54, 1.807) is 17.4 Å². The summed E-state index contributed by atoms with van der Waals surface area (Å²) in [5.74, 6) is -0.421. The fourth-order valence-electron chi connectivity index (χ4n) is 1.88. The number of benzene rings is 1. The molecule has 19 heavy (non-hydrogen) atoms. The molecule has 2 N–H and O–H groups in total. The van der Waals surface area contributed by atoms with Crippen molar-refractivity contribution in [1.29, 1.82) is 0 Å². The van der Waals surface area contributed by atoms with E-state index in [2.05, 4.69) is 27.3 Å². The molecule has 0 fully saturated rings. The van der Waals surface area contributed by atoms with Crippen molar-refractivity contribution in [2.75, 3.05) is 6.54 Å². The van der Waals surface area contributed by atoms with Crippen LogP contribution in [0, 0.1) is 5.82 Å². The average Bonchev–Trinajstić information content (AvgIpc) is 2.75. The maximum atomic E-state index is 13.7. The van der Waals surface area contributed by atoms with Gasteiger partial charge in [-0.05, 0) is 47.5 Å². The first kappa shape index (κ1) is 14.5. The predicted molar refractivity (Wildman–Crippen MR) is 80.2 cm³/mol. The van der Waals surface area contributed by atoms with E-state index >= 15 is 0 Å². The molecule has 5 heteroatoms. The molecule has 1 aromatic carbocycles. The van der Waals surface area contributed by atoms with E-state index in [4.69, 9.17) is 0 Å². The van der Waals surface area contributed by atoms with Crippen molar-refractivity contribution in [3.8, 4) is 5.75 Å². The highest BCUT2D eigenvalue weighted by Gasteiger charge is 2.10. The summed E-state index contributed by atoms with van der Waals surface area (Å²) in [7, 11) is 0. The molecule has 0 spiro atoms. The van der Waals surface area contributed by atoms with Crippen molar-refractivity contribution in [3.63, 3.8) is 0 Å². The van der Waals surface area contributed by atoms with Gasteiger partial charge in [-0.2, -0.15) is 0 Å². The highest BCUT2D eigenvalue weighted by atomic mass is 79.9. The molecular weight excluding hydrogens is 329 g/mol. The Morgan fingerprint density at radius 2 is 2.16 bits per heavy atom. The smallest absolute Gasteiger partial charge is 0.131 e. The Morgan fingerprint density at radius 3 is 2.79 bits per heavy atom. The third kappa shape index (κ3) is 4.03. The summed E-state index contributed by atoms with van der Waals surface area (Å²) in [5.41, 5.74) is 0.574. The highest BCUT2D eigenvalue weighted by molar-refractivity contribution is 9.11. The third-order valence-corrected chi connectivity index (χ3v) is 4.58. The summed E-state index contributed by atoms with van der Waals surface area (Å²) in [6.07, 6.45) is 0.917. The number of rotatable bonds is 5. The van der Waals surface area contributed by atoms with Gasteiger partial charge in [-0.1, -0.05) is 6.07 Å². The topological polar surface area (TPSA) is 32.3 Å². The van der Waals surface area contributed by atoms with Gasteiger partial charge in [0, 0.05) is 29.1 Å². The molecule has 0 bridgehead atoms. The Bertz CT molecular complexity index is 558. The van der Waals surface area contributed by atoms with Crippen LogP contribution in [0.3, 0.4) is 0 Å². The molecule has 0 saturated carbocycles. The van der Waals surface area contributed by atoms with Crippen LogP contribution in [0.1, 0.15) is 23.4 Å². The fraction of sp³-hybridized carbons (Fsp3) is 0.286. The monoisotopic (exact) mass is 343 g/mol.